The topological polar surface area (TPSA) is 30.7 Å². The number of carbonyl (C=O) groups is 1. The number of likely N-dealkylation sites (N-methyl/N-ethyl adjacent to an activating group) is 1. The van der Waals surface area contributed by atoms with Crippen LogP contribution in [0.5, 0.6) is 0 Å². The van der Waals surface area contributed by atoms with Crippen molar-refractivity contribution >= 4 is 5.97 Å². The predicted octanol–water partition coefficient (Wildman–Crippen LogP) is -2.52. The molecule has 0 fully saturated rings. The minimum atomic E-state index is -0.357. The number of esters is 1. The molecule has 100 valence electrons. The van der Waals surface area contributed by atoms with Gasteiger partial charge in [-0.3, -0.25) is 0 Å². The fourth-order valence-corrected chi connectivity index (χ4v) is 1.57. The molecule has 0 aliphatic heterocycles. The highest BCUT2D eigenvalue weighted by Gasteiger charge is 2.17. The predicted molar refractivity (Wildman–Crippen MR) is 67.9 cm³/mol. The third kappa shape index (κ3) is 5.84. The van der Waals surface area contributed by atoms with Gasteiger partial charge in [0.2, 0.25) is 0 Å². The average Bonchev–Trinajstić information content (AvgIpc) is 2.34. The molecule has 18 heavy (non-hydrogen) atoms. The van der Waals surface area contributed by atoms with Crippen molar-refractivity contribution in [1.82, 2.24) is 0 Å². The van der Waals surface area contributed by atoms with Crippen LogP contribution in [0.4, 0.5) is 0 Å². The van der Waals surface area contributed by atoms with Crippen LogP contribution in [-0.4, -0.2) is 32.7 Å². The Balaban J connectivity index is 0.00000289. The smallest absolute Gasteiger partial charge is 0.330 e. The van der Waals surface area contributed by atoms with E-state index >= 15 is 0 Å². The minimum Gasteiger partial charge on any atom is -1.00 e. The quantitative estimate of drug-likeness (QED) is 0.456. The molecule has 0 heterocycles. The highest BCUT2D eigenvalue weighted by Crippen LogP contribution is 2.02. The lowest BCUT2D eigenvalue weighted by atomic mass is 10.1. The molecule has 0 aliphatic rings. The Hall–Kier alpha value is -1.32. The molecular formula is C14H20ClNO2. The van der Waals surface area contributed by atoms with Gasteiger partial charge in [0, 0.05) is 12.5 Å². The third-order valence-corrected chi connectivity index (χ3v) is 2.73. The van der Waals surface area contributed by atoms with Crippen LogP contribution in [0.25, 0.3) is 0 Å². The molecule has 1 N–H and O–H groups in total. The number of ether oxygens (including phenoxy) is 1. The first-order valence-electron chi connectivity index (χ1n) is 5.76. The fraction of sp³-hybridized carbons (Fsp3) is 0.357. The van der Waals surface area contributed by atoms with Gasteiger partial charge in [0.1, 0.15) is 12.6 Å². The van der Waals surface area contributed by atoms with Gasteiger partial charge in [0.25, 0.3) is 0 Å². The highest BCUT2D eigenvalue weighted by molar-refractivity contribution is 5.81. The zero-order valence-corrected chi connectivity index (χ0v) is 11.6. The number of hydrogen-bond donors (Lipinski definition) is 1. The van der Waals surface area contributed by atoms with Gasteiger partial charge in [-0.2, -0.15) is 0 Å². The normalized spacial score (nSPS) is 11.5. The van der Waals surface area contributed by atoms with Crippen LogP contribution in [0, 0.1) is 0 Å². The lowest BCUT2D eigenvalue weighted by molar-refractivity contribution is -0.885. The van der Waals surface area contributed by atoms with Crippen molar-refractivity contribution in [3.8, 4) is 0 Å². The summed E-state index contributed by atoms with van der Waals surface area (Å²) in [5.41, 5.74) is 1.26. The third-order valence-electron chi connectivity index (χ3n) is 2.73. The number of hydrogen-bond acceptors (Lipinski definition) is 2. The SMILES string of the molecule is C=CC(=O)OCC(Cc1ccccc1)[NH+](C)C.[Cl-]. The van der Waals surface area contributed by atoms with Gasteiger partial charge < -0.3 is 22.0 Å². The van der Waals surface area contributed by atoms with Gasteiger partial charge in [-0.15, -0.1) is 0 Å². The molecule has 0 saturated carbocycles. The molecule has 3 nitrogen and oxygen atoms in total. The number of halogens is 1. The molecule has 0 saturated heterocycles. The van der Waals surface area contributed by atoms with Gasteiger partial charge >= 0.3 is 5.97 Å². The molecule has 0 aliphatic carbocycles. The summed E-state index contributed by atoms with van der Waals surface area (Å²) in [5.74, 6) is -0.357. The van der Waals surface area contributed by atoms with Crippen LogP contribution < -0.4 is 17.3 Å². The molecule has 0 spiro atoms. The molecule has 0 amide bonds. The second-order valence-corrected chi connectivity index (χ2v) is 4.30. The standard InChI is InChI=1S/C14H19NO2.ClH/c1-4-14(16)17-11-13(15(2)3)10-12-8-6-5-7-9-12;/h4-9,13H,1,10-11H2,2-3H3;1H. The van der Waals surface area contributed by atoms with Gasteiger partial charge in [-0.05, 0) is 5.56 Å². The van der Waals surface area contributed by atoms with Crippen LogP contribution in [0.2, 0.25) is 0 Å². The summed E-state index contributed by atoms with van der Waals surface area (Å²) in [6.07, 6.45) is 2.10. The van der Waals surface area contributed by atoms with Crippen LogP contribution >= 0.6 is 0 Å². The Morgan fingerprint density at radius 2 is 2.00 bits per heavy atom. The molecule has 1 rings (SSSR count). The van der Waals surface area contributed by atoms with E-state index in [-0.39, 0.29) is 24.4 Å². The van der Waals surface area contributed by atoms with E-state index in [9.17, 15) is 4.79 Å². The number of carbonyl (C=O) groups excluding carboxylic acids is 1. The zero-order valence-electron chi connectivity index (χ0n) is 10.9. The lowest BCUT2D eigenvalue weighted by Gasteiger charge is -2.21. The molecule has 0 bridgehead atoms. The maximum Gasteiger partial charge on any atom is 0.330 e. The summed E-state index contributed by atoms with van der Waals surface area (Å²) in [6.45, 7) is 3.80. The minimum absolute atomic E-state index is 0. The van der Waals surface area contributed by atoms with E-state index in [4.69, 9.17) is 4.74 Å². The molecule has 0 radical (unpaired) electrons. The first kappa shape index (κ1) is 16.7. The van der Waals surface area contributed by atoms with Crippen LogP contribution in [0.1, 0.15) is 5.56 Å². The lowest BCUT2D eigenvalue weighted by Crippen LogP contribution is -3.11. The van der Waals surface area contributed by atoms with E-state index in [1.54, 1.807) is 0 Å². The Bertz CT molecular complexity index is 365. The molecule has 1 aromatic carbocycles. The number of quaternary nitrogens is 1. The van der Waals surface area contributed by atoms with Crippen LogP contribution in [-0.2, 0) is 16.0 Å². The summed E-state index contributed by atoms with van der Waals surface area (Å²) in [4.78, 5) is 12.3. The van der Waals surface area contributed by atoms with Gasteiger partial charge in [0.05, 0.1) is 14.1 Å². The van der Waals surface area contributed by atoms with Crippen molar-refractivity contribution in [1.29, 1.82) is 0 Å². The average molecular weight is 270 g/mol. The summed E-state index contributed by atoms with van der Waals surface area (Å²) < 4.78 is 5.11. The summed E-state index contributed by atoms with van der Waals surface area (Å²) in [6, 6.07) is 10.5. The maximum atomic E-state index is 11.0. The van der Waals surface area contributed by atoms with Crippen molar-refractivity contribution in [3.05, 3.63) is 48.6 Å². The van der Waals surface area contributed by atoms with Crippen molar-refractivity contribution in [2.45, 2.75) is 12.5 Å². The van der Waals surface area contributed by atoms with Gasteiger partial charge in [0.15, 0.2) is 0 Å². The first-order valence-corrected chi connectivity index (χ1v) is 5.76. The molecule has 0 aromatic heterocycles. The van der Waals surface area contributed by atoms with E-state index in [1.165, 1.54) is 16.5 Å². The number of benzene rings is 1. The molecule has 1 unspecified atom stereocenters. The molecule has 4 heteroatoms. The Labute approximate surface area is 115 Å². The van der Waals surface area contributed by atoms with Crippen molar-refractivity contribution in [2.75, 3.05) is 20.7 Å². The van der Waals surface area contributed by atoms with E-state index < -0.39 is 0 Å². The highest BCUT2D eigenvalue weighted by atomic mass is 35.5. The van der Waals surface area contributed by atoms with Gasteiger partial charge in [-0.25, -0.2) is 4.79 Å². The Morgan fingerprint density at radius 1 is 1.39 bits per heavy atom. The van der Waals surface area contributed by atoms with E-state index in [1.807, 2.05) is 18.2 Å². The van der Waals surface area contributed by atoms with Gasteiger partial charge in [-0.1, -0.05) is 36.9 Å². The second kappa shape index (κ2) is 8.72. The van der Waals surface area contributed by atoms with Crippen LogP contribution in [0.15, 0.2) is 43.0 Å². The molecule has 1 atom stereocenters. The monoisotopic (exact) mass is 269 g/mol. The summed E-state index contributed by atoms with van der Waals surface area (Å²) in [5, 5.41) is 0. The number of rotatable bonds is 6. The maximum absolute atomic E-state index is 11.0. The zero-order chi connectivity index (χ0) is 12.7. The van der Waals surface area contributed by atoms with Crippen molar-refractivity contribution in [3.63, 3.8) is 0 Å². The largest absolute Gasteiger partial charge is 1.00 e. The Morgan fingerprint density at radius 3 is 2.50 bits per heavy atom. The summed E-state index contributed by atoms with van der Waals surface area (Å²) >= 11 is 0. The molecular weight excluding hydrogens is 250 g/mol. The van der Waals surface area contributed by atoms with E-state index in [2.05, 4.69) is 32.8 Å². The van der Waals surface area contributed by atoms with E-state index in [0.29, 0.717) is 6.61 Å². The van der Waals surface area contributed by atoms with Crippen LogP contribution in [0.3, 0.4) is 0 Å². The first-order chi connectivity index (χ1) is 8.13. The second-order valence-electron chi connectivity index (χ2n) is 4.30. The number of nitrogens with one attached hydrogen (secondary N) is 1. The Kier molecular flexibility index (Phi) is 8.08. The van der Waals surface area contributed by atoms with Crippen molar-refractivity contribution < 1.29 is 26.8 Å². The fourth-order valence-electron chi connectivity index (χ4n) is 1.57. The van der Waals surface area contributed by atoms with E-state index in [0.717, 1.165) is 6.42 Å². The molecule has 1 aromatic rings. The summed E-state index contributed by atoms with van der Waals surface area (Å²) in [7, 11) is 4.13. The van der Waals surface area contributed by atoms with Crippen molar-refractivity contribution in [2.24, 2.45) is 0 Å².